The molecule has 0 bridgehead atoms. The number of quaternary nitrogens is 1. The highest BCUT2D eigenvalue weighted by Gasteiger charge is 2.31. The largest absolute Gasteiger partial charge is 0.477 e. The van der Waals surface area contributed by atoms with Crippen LogP contribution in [0.4, 0.5) is 0 Å². The summed E-state index contributed by atoms with van der Waals surface area (Å²) in [6.07, 6.45) is 43.9. The van der Waals surface area contributed by atoms with Crippen LogP contribution in [0.5, 0.6) is 0 Å². The van der Waals surface area contributed by atoms with Gasteiger partial charge in [-0.15, -0.1) is 0 Å². The van der Waals surface area contributed by atoms with E-state index < -0.39 is 18.1 Å². The van der Waals surface area contributed by atoms with Gasteiger partial charge in [-0.25, -0.2) is 4.79 Å². The highest BCUT2D eigenvalue weighted by molar-refractivity contribution is 5.72. The molecule has 0 radical (unpaired) electrons. The van der Waals surface area contributed by atoms with Crippen LogP contribution in [0.15, 0.2) is 12.2 Å². The molecule has 0 saturated carbocycles. The van der Waals surface area contributed by atoms with Crippen LogP contribution >= 0.6 is 0 Å². The van der Waals surface area contributed by atoms with E-state index in [1.54, 1.807) is 0 Å². The predicted molar refractivity (Wildman–Crippen MR) is 239 cm³/mol. The fourth-order valence-corrected chi connectivity index (χ4v) is 7.38. The average molecular weight is 809 g/mol. The van der Waals surface area contributed by atoms with Gasteiger partial charge in [0.25, 0.3) is 0 Å². The zero-order chi connectivity index (χ0) is 42.1. The Morgan fingerprint density at radius 1 is 0.509 bits per heavy atom. The van der Waals surface area contributed by atoms with Crippen molar-refractivity contribution >= 4 is 17.9 Å². The monoisotopic (exact) mass is 809 g/mol. The minimum absolute atomic E-state index is 0.0470. The number of carboxylic acids is 1. The number of hydrogen-bond acceptors (Lipinski definition) is 6. The first kappa shape index (κ1) is 55.1. The number of esters is 2. The van der Waals surface area contributed by atoms with Gasteiger partial charge in [0.1, 0.15) is 6.61 Å². The summed E-state index contributed by atoms with van der Waals surface area (Å²) in [5.74, 6) is -1.45. The number of nitrogens with zero attached hydrogens (tertiary/aromatic N) is 1. The topological polar surface area (TPSA) is 99.1 Å². The van der Waals surface area contributed by atoms with Gasteiger partial charge >= 0.3 is 17.9 Å². The molecule has 0 aliphatic rings. The number of ether oxygens (including phenoxy) is 3. The molecule has 0 spiro atoms. The van der Waals surface area contributed by atoms with E-state index in [1.807, 2.05) is 21.1 Å². The Kier molecular flexibility index (Phi) is 39.4. The summed E-state index contributed by atoms with van der Waals surface area (Å²) in [6.45, 7) is 4.77. The highest BCUT2D eigenvalue weighted by Crippen LogP contribution is 2.16. The standard InChI is InChI=1S/C49H93NO7/c1-6-8-10-12-14-16-18-20-22-23-24-25-26-28-29-31-33-35-37-39-47(51)56-44-45(43-55-42-41-46(49(53)54)50(3,4)5)57-48(52)40-38-36-34-32-30-27-21-19-17-15-13-11-9-7-2/h23-24,45-46H,6-22,25-44H2,1-5H3/p+1/b24-23+. The number of unbranched alkanes of at least 4 members (excludes halogenated alkanes) is 28. The lowest BCUT2D eigenvalue weighted by Crippen LogP contribution is -2.50. The van der Waals surface area contributed by atoms with Crippen molar-refractivity contribution in [1.82, 2.24) is 0 Å². The van der Waals surface area contributed by atoms with E-state index >= 15 is 0 Å². The van der Waals surface area contributed by atoms with Gasteiger partial charge in [0, 0.05) is 19.3 Å². The maximum Gasteiger partial charge on any atom is 0.362 e. The van der Waals surface area contributed by atoms with E-state index in [-0.39, 0.29) is 36.2 Å². The molecule has 336 valence electrons. The van der Waals surface area contributed by atoms with E-state index in [0.717, 1.165) is 38.5 Å². The molecule has 0 aromatic carbocycles. The molecule has 8 nitrogen and oxygen atoms in total. The van der Waals surface area contributed by atoms with Crippen LogP contribution in [-0.4, -0.2) is 80.6 Å². The number of aliphatic carboxylic acids is 1. The summed E-state index contributed by atoms with van der Waals surface area (Å²) in [4.78, 5) is 37.0. The Bertz CT molecular complexity index is 947. The van der Waals surface area contributed by atoms with Crippen LogP contribution in [0, 0.1) is 0 Å². The smallest absolute Gasteiger partial charge is 0.362 e. The van der Waals surface area contributed by atoms with Crippen LogP contribution in [0.3, 0.4) is 0 Å². The number of carbonyl (C=O) groups excluding carboxylic acids is 2. The minimum Gasteiger partial charge on any atom is -0.477 e. The Hall–Kier alpha value is -1.93. The van der Waals surface area contributed by atoms with E-state index in [1.165, 1.54) is 161 Å². The SMILES string of the molecule is CCCCCCCCCC/C=C/CCCCCCCCCC(=O)OCC(COCCC(C(=O)O)[N+](C)(C)C)OC(=O)CCCCCCCCCCCCCCCC. The molecule has 2 atom stereocenters. The minimum atomic E-state index is -0.872. The van der Waals surface area contributed by atoms with Crippen molar-refractivity contribution in [2.45, 2.75) is 244 Å². The van der Waals surface area contributed by atoms with Gasteiger partial charge in [0.05, 0.1) is 34.4 Å². The van der Waals surface area contributed by atoms with Gasteiger partial charge in [0.15, 0.2) is 12.1 Å². The Morgan fingerprint density at radius 3 is 1.26 bits per heavy atom. The lowest BCUT2D eigenvalue weighted by molar-refractivity contribution is -0.887. The number of hydrogen-bond donors (Lipinski definition) is 1. The van der Waals surface area contributed by atoms with E-state index in [4.69, 9.17) is 14.2 Å². The molecule has 0 aliphatic carbocycles. The molecule has 0 aromatic rings. The number of likely N-dealkylation sites (N-methyl/N-ethyl adjacent to an activating group) is 1. The summed E-state index contributed by atoms with van der Waals surface area (Å²) in [5.41, 5.74) is 0. The van der Waals surface area contributed by atoms with E-state index in [0.29, 0.717) is 19.3 Å². The quantitative estimate of drug-likeness (QED) is 0.0283. The molecule has 0 aliphatic heterocycles. The molecular weight excluding hydrogens is 715 g/mol. The lowest BCUT2D eigenvalue weighted by Gasteiger charge is -2.31. The Balaban J connectivity index is 4.24. The van der Waals surface area contributed by atoms with Crippen LogP contribution < -0.4 is 0 Å². The zero-order valence-corrected chi connectivity index (χ0v) is 38.3. The van der Waals surface area contributed by atoms with Crippen molar-refractivity contribution in [3.8, 4) is 0 Å². The van der Waals surface area contributed by atoms with Gasteiger partial charge in [-0.1, -0.05) is 187 Å². The second kappa shape index (κ2) is 40.8. The summed E-state index contributed by atoms with van der Waals surface area (Å²) in [6, 6.07) is -0.611. The first-order chi connectivity index (χ1) is 27.6. The van der Waals surface area contributed by atoms with E-state index in [9.17, 15) is 19.5 Å². The summed E-state index contributed by atoms with van der Waals surface area (Å²) >= 11 is 0. The van der Waals surface area contributed by atoms with Gasteiger partial charge in [-0.05, 0) is 38.5 Å². The van der Waals surface area contributed by atoms with Crippen LogP contribution in [0.1, 0.15) is 232 Å². The molecule has 0 fully saturated rings. The van der Waals surface area contributed by atoms with Crippen molar-refractivity contribution in [2.24, 2.45) is 0 Å². The molecule has 0 heterocycles. The third-order valence-corrected chi connectivity index (χ3v) is 11.2. The molecule has 2 unspecified atom stereocenters. The molecule has 0 rings (SSSR count). The van der Waals surface area contributed by atoms with Crippen LogP contribution in [-0.2, 0) is 28.6 Å². The average Bonchev–Trinajstić information content (AvgIpc) is 3.17. The number of carbonyl (C=O) groups is 3. The van der Waals surface area contributed by atoms with Crippen molar-refractivity contribution in [3.05, 3.63) is 12.2 Å². The van der Waals surface area contributed by atoms with Gasteiger partial charge in [0.2, 0.25) is 0 Å². The number of rotatable bonds is 44. The van der Waals surface area contributed by atoms with E-state index in [2.05, 4.69) is 26.0 Å². The number of carboxylic acid groups (broad SMARTS) is 1. The van der Waals surface area contributed by atoms with Crippen LogP contribution in [0.2, 0.25) is 0 Å². The Labute approximate surface area is 352 Å². The fraction of sp³-hybridized carbons (Fsp3) is 0.898. The summed E-state index contributed by atoms with van der Waals surface area (Å²) in [7, 11) is 5.54. The summed E-state index contributed by atoms with van der Waals surface area (Å²) in [5, 5.41) is 9.63. The molecule has 0 aromatic heterocycles. The van der Waals surface area contributed by atoms with Crippen molar-refractivity contribution in [2.75, 3.05) is 41.0 Å². The molecule has 0 amide bonds. The maximum atomic E-state index is 12.7. The molecule has 1 N–H and O–H groups in total. The first-order valence-electron chi connectivity index (χ1n) is 24.2. The first-order valence-corrected chi connectivity index (χ1v) is 24.2. The second-order valence-corrected chi connectivity index (χ2v) is 17.7. The predicted octanol–water partition coefficient (Wildman–Crippen LogP) is 13.5. The fourth-order valence-electron chi connectivity index (χ4n) is 7.38. The molecule has 57 heavy (non-hydrogen) atoms. The van der Waals surface area contributed by atoms with Gasteiger partial charge in [-0.3, -0.25) is 9.59 Å². The second-order valence-electron chi connectivity index (χ2n) is 17.7. The third-order valence-electron chi connectivity index (χ3n) is 11.2. The highest BCUT2D eigenvalue weighted by atomic mass is 16.6. The van der Waals surface area contributed by atoms with Crippen molar-refractivity contribution < 1.29 is 38.2 Å². The molecular formula is C49H94NO7+. The van der Waals surface area contributed by atoms with Gasteiger partial charge in [-0.2, -0.15) is 0 Å². The maximum absolute atomic E-state index is 12.7. The van der Waals surface area contributed by atoms with Crippen molar-refractivity contribution in [3.63, 3.8) is 0 Å². The summed E-state index contributed by atoms with van der Waals surface area (Å²) < 4.78 is 17.3. The Morgan fingerprint density at radius 2 is 0.877 bits per heavy atom. The lowest BCUT2D eigenvalue weighted by atomic mass is 10.0. The zero-order valence-electron chi connectivity index (χ0n) is 38.3. The van der Waals surface area contributed by atoms with Crippen LogP contribution in [0.25, 0.3) is 0 Å². The van der Waals surface area contributed by atoms with Gasteiger partial charge < -0.3 is 23.8 Å². The molecule has 0 saturated heterocycles. The van der Waals surface area contributed by atoms with Crippen molar-refractivity contribution in [1.29, 1.82) is 0 Å². The third kappa shape index (κ3) is 39.3. The number of allylic oxidation sites excluding steroid dienone is 2. The normalized spacial score (nSPS) is 12.9. The molecule has 8 heteroatoms.